The van der Waals surface area contributed by atoms with Gasteiger partial charge in [0.25, 0.3) is 0 Å². The predicted octanol–water partition coefficient (Wildman–Crippen LogP) is 1.91. The summed E-state index contributed by atoms with van der Waals surface area (Å²) in [5.41, 5.74) is 0. The average molecular weight is 156 g/mol. The molecule has 0 aromatic carbocycles. The summed E-state index contributed by atoms with van der Waals surface area (Å²) in [6, 6.07) is 0. The Morgan fingerprint density at radius 2 is 1.91 bits per heavy atom. The molecule has 0 aromatic heterocycles. The molecule has 0 saturated carbocycles. The van der Waals surface area contributed by atoms with Crippen LogP contribution in [0.15, 0.2) is 0 Å². The van der Waals surface area contributed by atoms with E-state index < -0.39 is 0 Å². The van der Waals surface area contributed by atoms with Crippen LogP contribution in [0.4, 0.5) is 0 Å². The van der Waals surface area contributed by atoms with E-state index in [0.717, 1.165) is 13.0 Å². The maximum Gasteiger partial charge on any atom is 0.220 e. The fraction of sp³-hybridized carbons (Fsp3) is 0.778. The van der Waals surface area contributed by atoms with Gasteiger partial charge in [0, 0.05) is 13.5 Å². The summed E-state index contributed by atoms with van der Waals surface area (Å²) in [7, 11) is 0. The Morgan fingerprint density at radius 3 is 2.45 bits per heavy atom. The zero-order valence-electron chi connectivity index (χ0n) is 7.36. The van der Waals surface area contributed by atoms with E-state index in [1.54, 1.807) is 0 Å². The van der Waals surface area contributed by atoms with Crippen LogP contribution in [0.2, 0.25) is 0 Å². The molecule has 2 nitrogen and oxygen atoms in total. The van der Waals surface area contributed by atoms with E-state index in [1.807, 2.05) is 0 Å². The van der Waals surface area contributed by atoms with Gasteiger partial charge >= 0.3 is 0 Å². The molecule has 0 aliphatic heterocycles. The Kier molecular flexibility index (Phi) is 7.21. The van der Waals surface area contributed by atoms with Gasteiger partial charge < -0.3 is 5.32 Å². The van der Waals surface area contributed by atoms with Crippen LogP contribution in [0, 0.1) is 6.92 Å². The quantitative estimate of drug-likeness (QED) is 0.585. The van der Waals surface area contributed by atoms with Gasteiger partial charge in [0.2, 0.25) is 5.91 Å². The maximum absolute atomic E-state index is 10.3. The number of nitrogens with one attached hydrogen (secondary N) is 1. The molecule has 1 N–H and O–H groups in total. The summed E-state index contributed by atoms with van der Waals surface area (Å²) in [5.74, 6) is -0.166. The summed E-state index contributed by atoms with van der Waals surface area (Å²) in [4.78, 5) is 10.3. The topological polar surface area (TPSA) is 29.1 Å². The molecule has 65 valence electrons. The Labute approximate surface area is 69.4 Å². The number of amides is 1. The van der Waals surface area contributed by atoms with Gasteiger partial charge in [-0.05, 0) is 6.42 Å². The van der Waals surface area contributed by atoms with Crippen LogP contribution in [0.25, 0.3) is 0 Å². The smallest absolute Gasteiger partial charge is 0.220 e. The van der Waals surface area contributed by atoms with Gasteiger partial charge in [0.1, 0.15) is 0 Å². The third-order valence-corrected chi connectivity index (χ3v) is 1.60. The highest BCUT2D eigenvalue weighted by molar-refractivity contribution is 5.79. The molecule has 0 atom stereocenters. The van der Waals surface area contributed by atoms with Crippen LogP contribution in [0.1, 0.15) is 39.0 Å². The van der Waals surface area contributed by atoms with Crippen molar-refractivity contribution in [2.24, 2.45) is 0 Å². The van der Waals surface area contributed by atoms with Crippen molar-refractivity contribution in [3.05, 3.63) is 6.92 Å². The maximum atomic E-state index is 10.3. The van der Waals surface area contributed by atoms with Crippen LogP contribution in [0.5, 0.6) is 0 Å². The molecule has 2 heteroatoms. The molecule has 0 unspecified atom stereocenters. The molecule has 0 aliphatic carbocycles. The first-order valence-electron chi connectivity index (χ1n) is 4.37. The second-order valence-electron chi connectivity index (χ2n) is 2.76. The first-order chi connectivity index (χ1) is 5.27. The molecular weight excluding hydrogens is 138 g/mol. The van der Waals surface area contributed by atoms with Crippen molar-refractivity contribution in [1.29, 1.82) is 0 Å². The van der Waals surface area contributed by atoms with Crippen LogP contribution >= 0.6 is 0 Å². The fourth-order valence-electron chi connectivity index (χ4n) is 0.956. The minimum absolute atomic E-state index is 0.166. The molecular formula is C9H18NO. The third-order valence-electron chi connectivity index (χ3n) is 1.60. The van der Waals surface area contributed by atoms with E-state index in [9.17, 15) is 4.79 Å². The van der Waals surface area contributed by atoms with Gasteiger partial charge in [-0.3, -0.25) is 4.79 Å². The molecule has 0 fully saturated rings. The lowest BCUT2D eigenvalue weighted by atomic mass is 10.1. The van der Waals surface area contributed by atoms with Gasteiger partial charge in [-0.1, -0.05) is 32.6 Å². The lowest BCUT2D eigenvalue weighted by Crippen LogP contribution is -2.20. The highest BCUT2D eigenvalue weighted by Gasteiger charge is 1.90. The van der Waals surface area contributed by atoms with Gasteiger partial charge in [-0.25, -0.2) is 0 Å². The van der Waals surface area contributed by atoms with Crippen LogP contribution < -0.4 is 5.32 Å². The molecule has 1 amide bonds. The summed E-state index contributed by atoms with van der Waals surface area (Å²) in [6.07, 6.45) is 6.15. The Balaban J connectivity index is 2.85. The molecule has 0 heterocycles. The first kappa shape index (κ1) is 10.5. The molecule has 1 radical (unpaired) electrons. The highest BCUT2D eigenvalue weighted by atomic mass is 16.1. The number of carbonyl (C=O) groups excluding carboxylic acids is 1. The summed E-state index contributed by atoms with van der Waals surface area (Å²) in [5, 5.41) is 2.67. The third kappa shape index (κ3) is 9.47. The minimum Gasteiger partial charge on any atom is -0.356 e. The molecule has 0 saturated heterocycles. The second-order valence-corrected chi connectivity index (χ2v) is 2.76. The molecule has 0 rings (SSSR count). The predicted molar refractivity (Wildman–Crippen MR) is 47.1 cm³/mol. The Morgan fingerprint density at radius 1 is 1.27 bits per heavy atom. The van der Waals surface area contributed by atoms with Crippen molar-refractivity contribution < 1.29 is 4.79 Å². The average Bonchev–Trinajstić information content (AvgIpc) is 1.96. The van der Waals surface area contributed by atoms with Crippen molar-refractivity contribution in [3.8, 4) is 0 Å². The number of carbonyl (C=O) groups is 1. The first-order valence-corrected chi connectivity index (χ1v) is 4.37. The van der Waals surface area contributed by atoms with E-state index in [0.29, 0.717) is 0 Å². The number of hydrogen-bond acceptors (Lipinski definition) is 1. The molecule has 11 heavy (non-hydrogen) atoms. The summed E-state index contributed by atoms with van der Waals surface area (Å²) in [6.45, 7) is 6.20. The normalized spacial score (nSPS) is 9.64. The Hall–Kier alpha value is -0.530. The van der Waals surface area contributed by atoms with Gasteiger partial charge in [0.05, 0.1) is 0 Å². The van der Waals surface area contributed by atoms with Crippen molar-refractivity contribution in [1.82, 2.24) is 5.32 Å². The Bertz CT molecular complexity index is 102. The zero-order chi connectivity index (χ0) is 8.53. The molecule has 0 bridgehead atoms. The highest BCUT2D eigenvalue weighted by Crippen LogP contribution is 2.00. The van der Waals surface area contributed by atoms with Crippen LogP contribution in [-0.2, 0) is 4.79 Å². The van der Waals surface area contributed by atoms with Crippen LogP contribution in [0.3, 0.4) is 0 Å². The van der Waals surface area contributed by atoms with E-state index in [4.69, 9.17) is 0 Å². The number of unbranched alkanes of at least 4 members (excludes halogenated alkanes) is 4. The fourth-order valence-corrected chi connectivity index (χ4v) is 0.956. The molecule has 0 spiro atoms. The van der Waals surface area contributed by atoms with Crippen LogP contribution in [-0.4, -0.2) is 12.5 Å². The van der Waals surface area contributed by atoms with Gasteiger partial charge in [-0.15, -0.1) is 0 Å². The van der Waals surface area contributed by atoms with E-state index >= 15 is 0 Å². The number of hydrogen-bond donors (Lipinski definition) is 1. The molecule has 0 aliphatic rings. The lowest BCUT2D eigenvalue weighted by molar-refractivity contribution is -0.116. The van der Waals surface area contributed by atoms with E-state index in [1.165, 1.54) is 25.7 Å². The van der Waals surface area contributed by atoms with Crippen molar-refractivity contribution in [2.45, 2.75) is 39.0 Å². The van der Waals surface area contributed by atoms with Crippen molar-refractivity contribution in [3.63, 3.8) is 0 Å². The van der Waals surface area contributed by atoms with E-state index in [2.05, 4.69) is 19.2 Å². The largest absolute Gasteiger partial charge is 0.356 e. The van der Waals surface area contributed by atoms with Gasteiger partial charge in [0.15, 0.2) is 0 Å². The standard InChI is InChI=1S/C9H18NO/c1-3-4-5-6-7-8-10-9(2)11/h2-8H2,1H3,(H,10,11). The second kappa shape index (κ2) is 7.58. The SMILES string of the molecule is [CH2]C(=O)NCCCCCCC. The lowest BCUT2D eigenvalue weighted by Gasteiger charge is -2.00. The van der Waals surface area contributed by atoms with Gasteiger partial charge in [-0.2, -0.15) is 0 Å². The number of rotatable bonds is 6. The summed E-state index contributed by atoms with van der Waals surface area (Å²) >= 11 is 0. The molecule has 0 aromatic rings. The van der Waals surface area contributed by atoms with Crippen molar-refractivity contribution in [2.75, 3.05) is 6.54 Å². The zero-order valence-corrected chi connectivity index (χ0v) is 7.36. The monoisotopic (exact) mass is 156 g/mol. The van der Waals surface area contributed by atoms with Crippen molar-refractivity contribution >= 4 is 5.91 Å². The van der Waals surface area contributed by atoms with E-state index in [-0.39, 0.29) is 5.91 Å². The minimum atomic E-state index is -0.166. The summed E-state index contributed by atoms with van der Waals surface area (Å²) < 4.78 is 0.